The van der Waals surface area contributed by atoms with Gasteiger partial charge < -0.3 is 24.1 Å². The van der Waals surface area contributed by atoms with Gasteiger partial charge in [0.25, 0.3) is 0 Å². The van der Waals surface area contributed by atoms with Gasteiger partial charge in [-0.1, -0.05) is 44.9 Å². The topological polar surface area (TPSA) is 57.2 Å². The van der Waals surface area contributed by atoms with Crippen LogP contribution >= 0.6 is 0 Å². The van der Waals surface area contributed by atoms with Crippen molar-refractivity contribution in [3.63, 3.8) is 0 Å². The van der Waals surface area contributed by atoms with Crippen molar-refractivity contribution in [3.8, 4) is 0 Å². The zero-order chi connectivity index (χ0) is 25.1. The molecule has 2 aliphatic carbocycles. The maximum atomic E-state index is 10.6. The molecule has 194 valence electrons. The van der Waals surface area contributed by atoms with Gasteiger partial charge in [0.15, 0.2) is 12.1 Å². The molecule has 0 spiro atoms. The summed E-state index contributed by atoms with van der Waals surface area (Å²) in [6.07, 6.45) is 8.75. The third-order valence-electron chi connectivity index (χ3n) is 9.64. The van der Waals surface area contributed by atoms with Crippen LogP contribution in [0, 0.1) is 22.7 Å². The maximum absolute atomic E-state index is 10.6. The summed E-state index contributed by atoms with van der Waals surface area (Å²) in [4.78, 5) is 0. The lowest BCUT2D eigenvalue weighted by atomic mass is 9.48. The molecular weight excluding hydrogens is 428 g/mol. The monoisotopic (exact) mass is 476 g/mol. The molecule has 5 heteroatoms. The molecule has 0 unspecified atom stereocenters. The molecule has 0 amide bonds. The van der Waals surface area contributed by atoms with E-state index >= 15 is 0 Å². The number of aliphatic hydroxyl groups is 1. The van der Waals surface area contributed by atoms with Gasteiger partial charge >= 0.3 is 0 Å². The molecule has 5 nitrogen and oxygen atoms in total. The summed E-state index contributed by atoms with van der Waals surface area (Å²) < 4.78 is 24.9. The van der Waals surface area contributed by atoms with E-state index in [1.807, 2.05) is 26.8 Å². The molecule has 0 radical (unpaired) electrons. The molecule has 0 bridgehead atoms. The second-order valence-corrected chi connectivity index (χ2v) is 13.1. The Balaban J connectivity index is 1.50. The average Bonchev–Trinajstić information content (AvgIpc) is 3.06. The van der Waals surface area contributed by atoms with Crippen molar-refractivity contribution in [1.82, 2.24) is 0 Å². The maximum Gasteiger partial charge on any atom is 0.187 e. The molecule has 0 aromatic rings. The van der Waals surface area contributed by atoms with Crippen LogP contribution in [-0.2, 0) is 18.9 Å². The van der Waals surface area contributed by atoms with Gasteiger partial charge in [0.05, 0.1) is 11.7 Å². The number of fused-ring (bicyclic) bond motifs is 2. The van der Waals surface area contributed by atoms with Crippen LogP contribution in [0.5, 0.6) is 0 Å². The Bertz CT molecular complexity index is 802. The van der Waals surface area contributed by atoms with Crippen molar-refractivity contribution in [2.75, 3.05) is 0 Å². The summed E-state index contributed by atoms with van der Waals surface area (Å²) in [5.74, 6) is 0.478. The van der Waals surface area contributed by atoms with Gasteiger partial charge in [0, 0.05) is 0 Å². The summed E-state index contributed by atoms with van der Waals surface area (Å²) in [7, 11) is 0. The van der Waals surface area contributed by atoms with Gasteiger partial charge in [-0.3, -0.25) is 0 Å². The zero-order valence-corrected chi connectivity index (χ0v) is 22.7. The highest BCUT2D eigenvalue weighted by molar-refractivity contribution is 5.18. The van der Waals surface area contributed by atoms with Gasteiger partial charge in [0.1, 0.15) is 18.3 Å². The fraction of sp³-hybridized carbons (Fsp3) is 0.862. The molecule has 2 aliphatic heterocycles. The predicted octanol–water partition coefficient (Wildman–Crippen LogP) is 6.15. The van der Waals surface area contributed by atoms with Gasteiger partial charge in [0.2, 0.25) is 0 Å². The van der Waals surface area contributed by atoms with E-state index in [0.29, 0.717) is 16.7 Å². The molecule has 2 saturated heterocycles. The Morgan fingerprint density at radius 1 is 1.18 bits per heavy atom. The van der Waals surface area contributed by atoms with E-state index in [0.717, 1.165) is 18.8 Å². The quantitative estimate of drug-likeness (QED) is 0.466. The van der Waals surface area contributed by atoms with Crippen LogP contribution in [0.15, 0.2) is 24.3 Å². The highest BCUT2D eigenvalue weighted by Crippen LogP contribution is 2.60. The van der Waals surface area contributed by atoms with E-state index in [-0.39, 0.29) is 0 Å². The molecule has 4 rings (SSSR count). The largest absolute Gasteiger partial charge is 0.388 e. The second kappa shape index (κ2) is 8.99. The van der Waals surface area contributed by atoms with E-state index in [9.17, 15) is 5.11 Å². The zero-order valence-electron chi connectivity index (χ0n) is 22.7. The van der Waals surface area contributed by atoms with Crippen LogP contribution in [0.1, 0.15) is 93.9 Å². The van der Waals surface area contributed by atoms with Crippen molar-refractivity contribution >= 4 is 0 Å². The predicted molar refractivity (Wildman–Crippen MR) is 134 cm³/mol. The second-order valence-electron chi connectivity index (χ2n) is 13.1. The first kappa shape index (κ1) is 26.3. The molecule has 0 aromatic carbocycles. The molecule has 0 aromatic heterocycles. The van der Waals surface area contributed by atoms with Crippen molar-refractivity contribution < 1.29 is 24.1 Å². The van der Waals surface area contributed by atoms with Crippen LogP contribution < -0.4 is 0 Å². The molecule has 9 atom stereocenters. The first-order chi connectivity index (χ1) is 15.7. The molecule has 2 heterocycles. The lowest BCUT2D eigenvalue weighted by Gasteiger charge is -2.57. The van der Waals surface area contributed by atoms with Crippen molar-refractivity contribution in [1.29, 1.82) is 0 Å². The van der Waals surface area contributed by atoms with E-state index < -0.39 is 42.1 Å². The Kier molecular flexibility index (Phi) is 6.96. The molecular formula is C29H48O5. The molecule has 1 saturated carbocycles. The van der Waals surface area contributed by atoms with Crippen LogP contribution in [0.25, 0.3) is 0 Å². The van der Waals surface area contributed by atoms with Gasteiger partial charge in [-0.25, -0.2) is 0 Å². The highest BCUT2D eigenvalue weighted by Gasteiger charge is 2.56. The summed E-state index contributed by atoms with van der Waals surface area (Å²) >= 11 is 0. The minimum absolute atomic E-state index is 0.320. The van der Waals surface area contributed by atoms with Crippen LogP contribution in [-0.4, -0.2) is 47.2 Å². The normalized spacial score (nSPS) is 45.0. The number of ether oxygens (including phenoxy) is 4. The number of hydrogen-bond acceptors (Lipinski definition) is 5. The third kappa shape index (κ3) is 4.68. The minimum Gasteiger partial charge on any atom is -0.388 e. The molecule has 4 aliphatic rings. The Hall–Kier alpha value is -0.720. The lowest BCUT2D eigenvalue weighted by Crippen LogP contribution is -2.57. The number of allylic oxidation sites excluding steroid dienone is 2. The van der Waals surface area contributed by atoms with Crippen molar-refractivity contribution in [3.05, 3.63) is 24.3 Å². The molecule has 34 heavy (non-hydrogen) atoms. The number of rotatable bonds is 6. The Morgan fingerprint density at radius 2 is 1.85 bits per heavy atom. The fourth-order valence-electron chi connectivity index (χ4n) is 7.62. The standard InChI is InChI=1S/C29H48O5/c1-10-28(8,34-25-24-23(22(30)19(3)31-25)32-27(6,7)33-24)17-14-20-18(2)12-13-21-26(4,5)15-11-16-29(20,21)9/h10,12,19-25,30H,1,11,13-17H2,2-9H3/t19-,20-,21-,22-,23+,24+,25-,28-,29+/m0/s1. The summed E-state index contributed by atoms with van der Waals surface area (Å²) in [5.41, 5.74) is 1.67. The first-order valence-electron chi connectivity index (χ1n) is 13.4. The smallest absolute Gasteiger partial charge is 0.187 e. The first-order valence-corrected chi connectivity index (χ1v) is 13.4. The van der Waals surface area contributed by atoms with Gasteiger partial charge in [-0.2, -0.15) is 0 Å². The molecule has 3 fully saturated rings. The van der Waals surface area contributed by atoms with Crippen LogP contribution in [0.4, 0.5) is 0 Å². The van der Waals surface area contributed by atoms with E-state index in [1.54, 1.807) is 0 Å². The number of aliphatic hydroxyl groups excluding tert-OH is 1. The average molecular weight is 477 g/mol. The Morgan fingerprint density at radius 3 is 2.53 bits per heavy atom. The Labute approximate surface area is 207 Å². The lowest BCUT2D eigenvalue weighted by molar-refractivity contribution is -0.295. The number of hydrogen-bond donors (Lipinski definition) is 1. The summed E-state index contributed by atoms with van der Waals surface area (Å²) in [6, 6.07) is 0. The van der Waals surface area contributed by atoms with Gasteiger partial charge in [-0.05, 0) is 89.4 Å². The minimum atomic E-state index is -0.780. The fourth-order valence-corrected chi connectivity index (χ4v) is 7.62. The molecule has 1 N–H and O–H groups in total. The SMILES string of the molecule is C=C[C@@](C)(CC[C@H]1C(C)=CC[C@H]2C(C)(C)CCC[C@]12C)O[C@@H]1O[C@@H](C)[C@H](O)[C@H]2OC(C)(C)O[C@@H]12. The summed E-state index contributed by atoms with van der Waals surface area (Å²) in [6.45, 7) is 21.6. The van der Waals surface area contributed by atoms with E-state index in [4.69, 9.17) is 18.9 Å². The van der Waals surface area contributed by atoms with Crippen molar-refractivity contribution in [2.24, 2.45) is 22.7 Å². The summed E-state index contributed by atoms with van der Waals surface area (Å²) in [5, 5.41) is 10.6. The third-order valence-corrected chi connectivity index (χ3v) is 9.64. The van der Waals surface area contributed by atoms with Crippen LogP contribution in [0.3, 0.4) is 0 Å². The van der Waals surface area contributed by atoms with Crippen LogP contribution in [0.2, 0.25) is 0 Å². The van der Waals surface area contributed by atoms with E-state index in [2.05, 4.69) is 47.3 Å². The van der Waals surface area contributed by atoms with E-state index in [1.165, 1.54) is 31.3 Å². The van der Waals surface area contributed by atoms with Gasteiger partial charge in [-0.15, -0.1) is 6.58 Å². The van der Waals surface area contributed by atoms with Crippen molar-refractivity contribution in [2.45, 2.75) is 136 Å². The highest BCUT2D eigenvalue weighted by atomic mass is 16.8.